The van der Waals surface area contributed by atoms with Crippen LogP contribution in [0.15, 0.2) is 0 Å². The molecule has 0 aromatic rings. The summed E-state index contributed by atoms with van der Waals surface area (Å²) in [5.74, 6) is 0.374. The molecule has 0 saturated heterocycles. The minimum Gasteiger partial charge on any atom is -0.465 e. The number of carbonyl (C=O) groups is 3. The molecule has 1 unspecified atom stereocenters. The average molecular weight is 300 g/mol. The smallest absolute Gasteiger partial charge is 0.319 e. The summed E-state index contributed by atoms with van der Waals surface area (Å²) in [5.41, 5.74) is -0.981. The molecule has 0 aliphatic heterocycles. The van der Waals surface area contributed by atoms with Gasteiger partial charge in [-0.15, -0.1) is 0 Å². The third-order valence-corrected chi connectivity index (χ3v) is 4.56. The van der Waals surface area contributed by atoms with E-state index in [0.29, 0.717) is 38.7 Å². The standard InChI is InChI=1S/C15H24O4S/c1-3-19-14(18)15(10-6-5-8-12(15)16)11-7-9-13(17)20-4-2/h3-11H2,1-2H3. The molecule has 0 spiro atoms. The molecule has 1 rings (SSSR count). The zero-order chi connectivity index (χ0) is 15.0. The average Bonchev–Trinajstić information content (AvgIpc) is 2.41. The molecule has 5 heteroatoms. The van der Waals surface area contributed by atoms with Crippen LogP contribution >= 0.6 is 11.8 Å². The van der Waals surface area contributed by atoms with Gasteiger partial charge in [0.05, 0.1) is 6.61 Å². The molecule has 114 valence electrons. The molecule has 0 heterocycles. The van der Waals surface area contributed by atoms with E-state index in [4.69, 9.17) is 4.74 Å². The maximum absolute atomic E-state index is 12.2. The van der Waals surface area contributed by atoms with Crippen LogP contribution in [0.1, 0.15) is 58.8 Å². The fourth-order valence-corrected chi connectivity index (χ4v) is 3.32. The lowest BCUT2D eigenvalue weighted by Crippen LogP contribution is -2.43. The van der Waals surface area contributed by atoms with Gasteiger partial charge in [-0.3, -0.25) is 14.4 Å². The van der Waals surface area contributed by atoms with Gasteiger partial charge in [-0.05, 0) is 38.4 Å². The molecular formula is C15H24O4S. The summed E-state index contributed by atoms with van der Waals surface area (Å²) in [6.07, 6.45) is 4.20. The van der Waals surface area contributed by atoms with Crippen LogP contribution in [0.5, 0.6) is 0 Å². The Morgan fingerprint density at radius 3 is 2.65 bits per heavy atom. The first kappa shape index (κ1) is 17.2. The van der Waals surface area contributed by atoms with Gasteiger partial charge >= 0.3 is 5.97 Å². The molecule has 0 bridgehead atoms. The number of ether oxygens (including phenoxy) is 1. The number of Topliss-reactive ketones (excluding diaryl/α,β-unsaturated/α-hetero) is 1. The molecule has 1 saturated carbocycles. The zero-order valence-corrected chi connectivity index (χ0v) is 13.2. The summed E-state index contributed by atoms with van der Waals surface area (Å²) in [6.45, 7) is 3.98. The van der Waals surface area contributed by atoms with Crippen LogP contribution in [0.25, 0.3) is 0 Å². The molecule has 0 N–H and O–H groups in total. The van der Waals surface area contributed by atoms with Crippen LogP contribution in [-0.2, 0) is 19.1 Å². The largest absolute Gasteiger partial charge is 0.465 e. The molecule has 1 aliphatic carbocycles. The fourth-order valence-electron chi connectivity index (χ4n) is 2.71. The molecular weight excluding hydrogens is 276 g/mol. The van der Waals surface area contributed by atoms with Crippen molar-refractivity contribution in [2.24, 2.45) is 5.41 Å². The highest BCUT2D eigenvalue weighted by molar-refractivity contribution is 8.13. The van der Waals surface area contributed by atoms with Crippen molar-refractivity contribution in [2.45, 2.75) is 58.8 Å². The lowest BCUT2D eigenvalue weighted by atomic mass is 9.70. The molecule has 4 nitrogen and oxygen atoms in total. The van der Waals surface area contributed by atoms with Gasteiger partial charge in [0.15, 0.2) is 5.12 Å². The summed E-state index contributed by atoms with van der Waals surface area (Å²) >= 11 is 1.30. The first-order valence-corrected chi connectivity index (χ1v) is 8.41. The molecule has 1 fully saturated rings. The van der Waals surface area contributed by atoms with E-state index in [1.807, 2.05) is 6.92 Å². The van der Waals surface area contributed by atoms with Crippen molar-refractivity contribution in [2.75, 3.05) is 12.4 Å². The second kappa shape index (κ2) is 8.45. The SMILES string of the molecule is CCOC(=O)C1(CCCC(=O)SCC)CCCCC1=O. The van der Waals surface area contributed by atoms with Crippen molar-refractivity contribution in [3.63, 3.8) is 0 Å². The molecule has 0 aromatic carbocycles. The Hall–Kier alpha value is -0.840. The Labute approximate surface area is 125 Å². The van der Waals surface area contributed by atoms with Gasteiger partial charge in [0.25, 0.3) is 0 Å². The maximum atomic E-state index is 12.2. The van der Waals surface area contributed by atoms with E-state index in [1.54, 1.807) is 6.92 Å². The first-order valence-electron chi connectivity index (χ1n) is 7.43. The monoisotopic (exact) mass is 300 g/mol. The molecule has 0 amide bonds. The van der Waals surface area contributed by atoms with E-state index in [0.717, 1.165) is 18.6 Å². The van der Waals surface area contributed by atoms with Crippen LogP contribution in [0, 0.1) is 5.41 Å². The predicted molar refractivity (Wildman–Crippen MR) is 79.5 cm³/mol. The van der Waals surface area contributed by atoms with Gasteiger partial charge in [0, 0.05) is 12.8 Å². The second-order valence-electron chi connectivity index (χ2n) is 5.09. The van der Waals surface area contributed by atoms with E-state index in [1.165, 1.54) is 11.8 Å². The Kier molecular flexibility index (Phi) is 7.27. The van der Waals surface area contributed by atoms with Gasteiger partial charge in [-0.2, -0.15) is 0 Å². The molecule has 0 radical (unpaired) electrons. The number of thioether (sulfide) groups is 1. The summed E-state index contributed by atoms with van der Waals surface area (Å²) in [4.78, 5) is 36.0. The Balaban J connectivity index is 2.66. The van der Waals surface area contributed by atoms with Crippen LogP contribution in [0.3, 0.4) is 0 Å². The number of hydrogen-bond acceptors (Lipinski definition) is 5. The zero-order valence-electron chi connectivity index (χ0n) is 12.4. The van der Waals surface area contributed by atoms with Crippen LogP contribution in [-0.4, -0.2) is 29.2 Å². The van der Waals surface area contributed by atoms with E-state index in [9.17, 15) is 14.4 Å². The number of ketones is 1. The first-order chi connectivity index (χ1) is 9.56. The predicted octanol–water partition coefficient (Wildman–Crippen LogP) is 3.13. The van der Waals surface area contributed by atoms with Gasteiger partial charge in [0.1, 0.15) is 11.2 Å². The molecule has 0 aromatic heterocycles. The third-order valence-electron chi connectivity index (χ3n) is 3.75. The van der Waals surface area contributed by atoms with Gasteiger partial charge in [-0.1, -0.05) is 25.1 Å². The van der Waals surface area contributed by atoms with Gasteiger partial charge < -0.3 is 4.74 Å². The van der Waals surface area contributed by atoms with E-state index in [-0.39, 0.29) is 16.9 Å². The van der Waals surface area contributed by atoms with Crippen LogP contribution in [0.2, 0.25) is 0 Å². The molecule has 1 atom stereocenters. The maximum Gasteiger partial charge on any atom is 0.319 e. The molecule has 1 aliphatic rings. The highest BCUT2D eigenvalue weighted by Gasteiger charge is 2.47. The highest BCUT2D eigenvalue weighted by Crippen LogP contribution is 2.39. The van der Waals surface area contributed by atoms with E-state index in [2.05, 4.69) is 0 Å². The minimum atomic E-state index is -0.981. The lowest BCUT2D eigenvalue weighted by molar-refractivity contribution is -0.163. The van der Waals surface area contributed by atoms with Crippen LogP contribution in [0.4, 0.5) is 0 Å². The topological polar surface area (TPSA) is 60.4 Å². The van der Waals surface area contributed by atoms with Gasteiger partial charge in [-0.25, -0.2) is 0 Å². The van der Waals surface area contributed by atoms with Gasteiger partial charge in [0.2, 0.25) is 0 Å². The minimum absolute atomic E-state index is 0.00204. The van der Waals surface area contributed by atoms with Crippen molar-refractivity contribution >= 4 is 28.6 Å². The van der Waals surface area contributed by atoms with Crippen molar-refractivity contribution in [3.05, 3.63) is 0 Å². The third kappa shape index (κ3) is 4.33. The fraction of sp³-hybridized carbons (Fsp3) is 0.800. The van der Waals surface area contributed by atoms with Crippen LogP contribution < -0.4 is 0 Å². The summed E-state index contributed by atoms with van der Waals surface area (Å²) < 4.78 is 5.11. The number of carbonyl (C=O) groups excluding carboxylic acids is 3. The summed E-state index contributed by atoms with van der Waals surface area (Å²) in [5, 5.41) is 0.134. The van der Waals surface area contributed by atoms with E-state index >= 15 is 0 Å². The Morgan fingerprint density at radius 1 is 1.30 bits per heavy atom. The molecule has 20 heavy (non-hydrogen) atoms. The van der Waals surface area contributed by atoms with Crippen molar-refractivity contribution < 1.29 is 19.1 Å². The normalized spacial score (nSPS) is 22.6. The Bertz CT molecular complexity index is 367. The second-order valence-corrected chi connectivity index (χ2v) is 6.41. The van der Waals surface area contributed by atoms with Crippen molar-refractivity contribution in [3.8, 4) is 0 Å². The number of esters is 1. The van der Waals surface area contributed by atoms with Crippen molar-refractivity contribution in [1.29, 1.82) is 0 Å². The summed E-state index contributed by atoms with van der Waals surface area (Å²) in [7, 11) is 0. The van der Waals surface area contributed by atoms with Crippen molar-refractivity contribution in [1.82, 2.24) is 0 Å². The number of rotatable bonds is 7. The van der Waals surface area contributed by atoms with E-state index < -0.39 is 5.41 Å². The lowest BCUT2D eigenvalue weighted by Gasteiger charge is -2.33. The summed E-state index contributed by atoms with van der Waals surface area (Å²) in [6, 6.07) is 0. The number of hydrogen-bond donors (Lipinski definition) is 0. The highest BCUT2D eigenvalue weighted by atomic mass is 32.2. The Morgan fingerprint density at radius 2 is 2.05 bits per heavy atom. The quantitative estimate of drug-likeness (QED) is 0.534.